The van der Waals surface area contributed by atoms with E-state index in [0.717, 1.165) is 51.2 Å². The molecular weight excluding hydrogens is 602 g/mol. The lowest BCUT2D eigenvalue weighted by molar-refractivity contribution is -0.139. The molecule has 2 amide bonds. The topological polar surface area (TPSA) is 86.8 Å². The average Bonchev–Trinajstić information content (AvgIpc) is 2.96. The van der Waals surface area contributed by atoms with Gasteiger partial charge in [0, 0.05) is 17.1 Å². The van der Waals surface area contributed by atoms with Crippen molar-refractivity contribution < 1.29 is 18.0 Å². The molecule has 9 heteroatoms. The normalized spacial score (nSPS) is 14.7. The molecule has 0 aliphatic heterocycles. The van der Waals surface area contributed by atoms with Gasteiger partial charge in [-0.3, -0.25) is 13.9 Å². The molecule has 0 spiro atoms. The quantitative estimate of drug-likeness (QED) is 0.289. The van der Waals surface area contributed by atoms with Crippen LogP contribution in [0.3, 0.4) is 0 Å². The molecule has 0 aromatic heterocycles. The number of carbonyl (C=O) groups excluding carboxylic acids is 2. The molecule has 1 N–H and O–H groups in total. The van der Waals surface area contributed by atoms with E-state index in [-0.39, 0.29) is 23.4 Å². The molecule has 1 aliphatic rings. The van der Waals surface area contributed by atoms with Crippen LogP contribution in [0.2, 0.25) is 0 Å². The van der Waals surface area contributed by atoms with Gasteiger partial charge in [-0.25, -0.2) is 8.42 Å². The first kappa shape index (κ1) is 30.8. The second-order valence-electron chi connectivity index (χ2n) is 10.8. The number of hydrogen-bond acceptors (Lipinski definition) is 4. The highest BCUT2D eigenvalue weighted by Crippen LogP contribution is 2.26. The Morgan fingerprint density at radius 1 is 0.878 bits per heavy atom. The highest BCUT2D eigenvalue weighted by atomic mass is 79.9. The lowest BCUT2D eigenvalue weighted by Crippen LogP contribution is -2.53. The van der Waals surface area contributed by atoms with Gasteiger partial charge in [0.2, 0.25) is 11.8 Å². The van der Waals surface area contributed by atoms with E-state index in [2.05, 4.69) is 21.2 Å². The van der Waals surface area contributed by atoms with Crippen molar-refractivity contribution in [3.8, 4) is 0 Å². The molecule has 3 aromatic carbocycles. The van der Waals surface area contributed by atoms with Gasteiger partial charge in [-0.05, 0) is 75.6 Å². The minimum Gasteiger partial charge on any atom is -0.352 e. The lowest BCUT2D eigenvalue weighted by atomic mass is 9.95. The molecule has 0 saturated heterocycles. The summed E-state index contributed by atoms with van der Waals surface area (Å²) < 4.78 is 29.7. The van der Waals surface area contributed by atoms with Crippen LogP contribution in [0.4, 0.5) is 5.69 Å². The Labute approximate surface area is 252 Å². The molecule has 1 aliphatic carbocycles. The molecule has 1 fully saturated rings. The van der Waals surface area contributed by atoms with Crippen LogP contribution >= 0.6 is 15.9 Å². The second-order valence-corrected chi connectivity index (χ2v) is 13.6. The molecule has 0 radical (unpaired) electrons. The molecular formula is C32H38BrN3O4S. The molecule has 218 valence electrons. The van der Waals surface area contributed by atoms with Crippen molar-refractivity contribution >= 4 is 43.5 Å². The van der Waals surface area contributed by atoms with Crippen LogP contribution < -0.4 is 9.62 Å². The number of nitrogens with one attached hydrogen (secondary N) is 1. The standard InChI is InChI=1S/C32H38BrN3O4S/c1-23-9-13-26(14-10-23)21-35(25(3)32(38)34-28-7-5-4-6-8-28)31(37)22-36(29-17-15-27(33)16-18-29)41(39,40)30-19-11-24(2)12-20-30/h9-20,25,28H,4-8,21-22H2,1-3H3,(H,34,38). The van der Waals surface area contributed by atoms with E-state index in [1.54, 1.807) is 55.5 Å². The van der Waals surface area contributed by atoms with Gasteiger partial charge in [0.05, 0.1) is 10.6 Å². The van der Waals surface area contributed by atoms with Crippen LogP contribution in [0.15, 0.2) is 82.2 Å². The van der Waals surface area contributed by atoms with Crippen molar-refractivity contribution in [2.75, 3.05) is 10.8 Å². The summed E-state index contributed by atoms with van der Waals surface area (Å²) in [5, 5.41) is 3.13. The van der Waals surface area contributed by atoms with Crippen molar-refractivity contribution in [2.45, 2.75) is 76.4 Å². The van der Waals surface area contributed by atoms with Gasteiger partial charge in [0.25, 0.3) is 10.0 Å². The van der Waals surface area contributed by atoms with Crippen LogP contribution in [0, 0.1) is 13.8 Å². The summed E-state index contributed by atoms with van der Waals surface area (Å²) in [5.74, 6) is -0.690. The van der Waals surface area contributed by atoms with Gasteiger partial charge in [0.15, 0.2) is 0 Å². The molecule has 41 heavy (non-hydrogen) atoms. The van der Waals surface area contributed by atoms with Crippen molar-refractivity contribution in [1.29, 1.82) is 0 Å². The van der Waals surface area contributed by atoms with Crippen LogP contribution in [0.25, 0.3) is 0 Å². The maximum atomic E-state index is 14.1. The molecule has 0 bridgehead atoms. The fourth-order valence-electron chi connectivity index (χ4n) is 5.02. The SMILES string of the molecule is Cc1ccc(CN(C(=O)CN(c2ccc(Br)cc2)S(=O)(=O)c2ccc(C)cc2)C(C)C(=O)NC2CCCCC2)cc1. The predicted molar refractivity (Wildman–Crippen MR) is 166 cm³/mol. The third kappa shape index (κ3) is 7.98. The minimum atomic E-state index is -4.09. The van der Waals surface area contributed by atoms with E-state index in [1.807, 2.05) is 38.1 Å². The Bertz CT molecular complexity index is 1440. The van der Waals surface area contributed by atoms with Crippen LogP contribution in [-0.2, 0) is 26.2 Å². The van der Waals surface area contributed by atoms with E-state index in [9.17, 15) is 18.0 Å². The van der Waals surface area contributed by atoms with E-state index < -0.39 is 28.5 Å². The number of rotatable bonds is 10. The number of halogens is 1. The van der Waals surface area contributed by atoms with E-state index in [0.29, 0.717) is 5.69 Å². The first-order chi connectivity index (χ1) is 19.5. The number of aryl methyl sites for hydroxylation is 2. The number of hydrogen-bond donors (Lipinski definition) is 1. The molecule has 0 heterocycles. The highest BCUT2D eigenvalue weighted by molar-refractivity contribution is 9.10. The second kappa shape index (κ2) is 13.7. The zero-order chi connectivity index (χ0) is 29.6. The summed E-state index contributed by atoms with van der Waals surface area (Å²) in [6.07, 6.45) is 5.17. The molecule has 4 rings (SSSR count). The van der Waals surface area contributed by atoms with Crippen molar-refractivity contribution in [2.24, 2.45) is 0 Å². The summed E-state index contributed by atoms with van der Waals surface area (Å²) in [4.78, 5) is 29.0. The zero-order valence-corrected chi connectivity index (χ0v) is 26.2. The summed E-state index contributed by atoms with van der Waals surface area (Å²) >= 11 is 3.40. The highest BCUT2D eigenvalue weighted by Gasteiger charge is 2.33. The molecule has 1 unspecified atom stereocenters. The van der Waals surface area contributed by atoms with Crippen molar-refractivity contribution in [3.05, 3.63) is 94.0 Å². The minimum absolute atomic E-state index is 0.0898. The summed E-state index contributed by atoms with van der Waals surface area (Å²) in [5.41, 5.74) is 3.23. The van der Waals surface area contributed by atoms with Crippen LogP contribution in [0.1, 0.15) is 55.7 Å². The Hall–Kier alpha value is -3.17. The first-order valence-corrected chi connectivity index (χ1v) is 16.3. The molecule has 7 nitrogen and oxygen atoms in total. The Morgan fingerprint density at radius 3 is 2.02 bits per heavy atom. The fraction of sp³-hybridized carbons (Fsp3) is 0.375. The number of carbonyl (C=O) groups is 2. The van der Waals surface area contributed by atoms with Gasteiger partial charge in [-0.1, -0.05) is 82.7 Å². The molecule has 3 aromatic rings. The van der Waals surface area contributed by atoms with E-state index in [4.69, 9.17) is 0 Å². The number of benzene rings is 3. The van der Waals surface area contributed by atoms with Gasteiger partial charge in [-0.15, -0.1) is 0 Å². The number of amides is 2. The zero-order valence-electron chi connectivity index (χ0n) is 23.8. The Morgan fingerprint density at radius 2 is 1.44 bits per heavy atom. The van der Waals surface area contributed by atoms with Gasteiger partial charge in [-0.2, -0.15) is 0 Å². The van der Waals surface area contributed by atoms with Crippen LogP contribution in [0.5, 0.6) is 0 Å². The van der Waals surface area contributed by atoms with Crippen LogP contribution in [-0.4, -0.2) is 43.8 Å². The largest absolute Gasteiger partial charge is 0.352 e. The summed E-state index contributed by atoms with van der Waals surface area (Å²) in [7, 11) is -4.09. The van der Waals surface area contributed by atoms with Gasteiger partial charge in [0.1, 0.15) is 12.6 Å². The van der Waals surface area contributed by atoms with Crippen molar-refractivity contribution in [1.82, 2.24) is 10.2 Å². The Kier molecular flexibility index (Phi) is 10.3. The predicted octanol–water partition coefficient (Wildman–Crippen LogP) is 6.13. The van der Waals surface area contributed by atoms with Crippen molar-refractivity contribution in [3.63, 3.8) is 0 Å². The Balaban J connectivity index is 1.66. The molecule has 1 saturated carbocycles. The smallest absolute Gasteiger partial charge is 0.264 e. The van der Waals surface area contributed by atoms with Gasteiger partial charge >= 0.3 is 0 Å². The fourth-order valence-corrected chi connectivity index (χ4v) is 6.69. The molecule has 1 atom stereocenters. The number of nitrogens with zero attached hydrogens (tertiary/aromatic N) is 2. The maximum absolute atomic E-state index is 14.1. The summed E-state index contributed by atoms with van der Waals surface area (Å²) in [6, 6.07) is 20.4. The monoisotopic (exact) mass is 639 g/mol. The third-order valence-electron chi connectivity index (χ3n) is 7.59. The summed E-state index contributed by atoms with van der Waals surface area (Å²) in [6.45, 7) is 5.30. The lowest BCUT2D eigenvalue weighted by Gasteiger charge is -2.33. The number of anilines is 1. The van der Waals surface area contributed by atoms with E-state index >= 15 is 0 Å². The van der Waals surface area contributed by atoms with E-state index in [1.165, 1.54) is 11.3 Å². The average molecular weight is 641 g/mol. The third-order valence-corrected chi connectivity index (χ3v) is 9.91. The first-order valence-electron chi connectivity index (χ1n) is 14.0. The number of sulfonamides is 1. The van der Waals surface area contributed by atoms with Gasteiger partial charge < -0.3 is 10.2 Å². The maximum Gasteiger partial charge on any atom is 0.264 e.